The van der Waals surface area contributed by atoms with Crippen LogP contribution in [0, 0.1) is 13.8 Å². The van der Waals surface area contributed by atoms with E-state index in [9.17, 15) is 4.79 Å². The molecule has 1 amide bonds. The largest absolute Gasteiger partial charge is 0.373 e. The summed E-state index contributed by atoms with van der Waals surface area (Å²) in [5, 5.41) is 7.55. The fourth-order valence-electron chi connectivity index (χ4n) is 3.28. The third-order valence-electron chi connectivity index (χ3n) is 4.59. The summed E-state index contributed by atoms with van der Waals surface area (Å²) in [6, 6.07) is 3.92. The number of aryl methyl sites for hydroxylation is 1. The monoisotopic (exact) mass is 347 g/mol. The van der Waals surface area contributed by atoms with E-state index in [1.165, 1.54) is 22.6 Å². The summed E-state index contributed by atoms with van der Waals surface area (Å²) in [5.41, 5.74) is 3.59. The first-order valence-corrected chi connectivity index (χ1v) is 9.44. The van der Waals surface area contributed by atoms with Gasteiger partial charge in [0.25, 0.3) is 5.91 Å². The number of hydrogen-bond donors (Lipinski definition) is 1. The molecule has 24 heavy (non-hydrogen) atoms. The van der Waals surface area contributed by atoms with E-state index in [2.05, 4.69) is 24.3 Å². The van der Waals surface area contributed by atoms with Crippen LogP contribution in [-0.2, 0) is 17.7 Å². The van der Waals surface area contributed by atoms with Crippen molar-refractivity contribution >= 4 is 17.2 Å². The molecule has 0 aliphatic carbocycles. The van der Waals surface area contributed by atoms with Crippen molar-refractivity contribution in [2.24, 2.45) is 0 Å². The number of thiophene rings is 1. The molecule has 1 aliphatic rings. The molecule has 3 heterocycles. The van der Waals surface area contributed by atoms with Crippen LogP contribution in [0.3, 0.4) is 0 Å². The Morgan fingerprint density at radius 3 is 2.96 bits per heavy atom. The number of rotatable bonds is 6. The Labute approximate surface area is 147 Å². The highest BCUT2D eigenvalue weighted by atomic mass is 32.1. The summed E-state index contributed by atoms with van der Waals surface area (Å²) in [4.78, 5) is 14.2. The molecule has 5 nitrogen and oxygen atoms in total. The molecular weight excluding hydrogens is 322 g/mol. The Kier molecular flexibility index (Phi) is 5.36. The Balaban J connectivity index is 1.54. The first-order valence-electron chi connectivity index (χ1n) is 8.62. The fraction of sp³-hybridized carbons (Fsp3) is 0.556. The minimum absolute atomic E-state index is 0.0125. The Morgan fingerprint density at radius 1 is 1.46 bits per heavy atom. The van der Waals surface area contributed by atoms with Gasteiger partial charge in [-0.1, -0.05) is 6.92 Å². The molecule has 3 rings (SSSR count). The number of amides is 1. The minimum Gasteiger partial charge on any atom is -0.373 e. The van der Waals surface area contributed by atoms with Gasteiger partial charge in [-0.15, -0.1) is 11.3 Å². The lowest BCUT2D eigenvalue weighted by Crippen LogP contribution is -2.27. The van der Waals surface area contributed by atoms with Crippen LogP contribution in [0.25, 0.3) is 0 Å². The van der Waals surface area contributed by atoms with Crippen molar-refractivity contribution in [3.8, 4) is 0 Å². The third kappa shape index (κ3) is 3.54. The second kappa shape index (κ2) is 7.49. The maximum absolute atomic E-state index is 12.3. The van der Waals surface area contributed by atoms with Crippen molar-refractivity contribution in [3.63, 3.8) is 0 Å². The number of carbonyl (C=O) groups is 1. The van der Waals surface area contributed by atoms with Crippen molar-refractivity contribution in [1.82, 2.24) is 15.1 Å². The fourth-order valence-corrected chi connectivity index (χ4v) is 4.28. The molecule has 0 aromatic carbocycles. The van der Waals surface area contributed by atoms with Gasteiger partial charge in [0, 0.05) is 23.7 Å². The van der Waals surface area contributed by atoms with Crippen LogP contribution in [0.5, 0.6) is 0 Å². The summed E-state index contributed by atoms with van der Waals surface area (Å²) in [6.07, 6.45) is 3.33. The van der Waals surface area contributed by atoms with E-state index in [-0.39, 0.29) is 12.0 Å². The summed E-state index contributed by atoms with van der Waals surface area (Å²) in [5.74, 6) is -0.0125. The van der Waals surface area contributed by atoms with Gasteiger partial charge >= 0.3 is 0 Å². The van der Waals surface area contributed by atoms with E-state index >= 15 is 0 Å². The zero-order valence-electron chi connectivity index (χ0n) is 14.6. The standard InChI is InChI=1S/C18H25N3O2S/c1-4-14-12(2)20-21(13(14)3)10-9-19-18(22)17-8-7-16(24-17)15-6-5-11-23-15/h7-8,15H,4-6,9-11H2,1-3H3,(H,19,22)/t15-/m1/s1. The molecule has 0 radical (unpaired) electrons. The Morgan fingerprint density at radius 2 is 2.29 bits per heavy atom. The van der Waals surface area contributed by atoms with Crippen LogP contribution in [-0.4, -0.2) is 28.8 Å². The van der Waals surface area contributed by atoms with Crippen molar-refractivity contribution in [1.29, 1.82) is 0 Å². The number of aromatic nitrogens is 2. The Bertz CT molecular complexity index is 714. The number of hydrogen-bond acceptors (Lipinski definition) is 4. The van der Waals surface area contributed by atoms with Crippen LogP contribution in [0.4, 0.5) is 0 Å². The zero-order chi connectivity index (χ0) is 17.1. The first kappa shape index (κ1) is 17.2. The zero-order valence-corrected chi connectivity index (χ0v) is 15.4. The van der Waals surface area contributed by atoms with Crippen molar-refractivity contribution in [2.45, 2.75) is 52.7 Å². The molecule has 2 aromatic rings. The topological polar surface area (TPSA) is 56.2 Å². The molecule has 1 fully saturated rings. The maximum atomic E-state index is 12.3. The molecule has 1 aliphatic heterocycles. The first-order chi connectivity index (χ1) is 11.6. The highest BCUT2D eigenvalue weighted by molar-refractivity contribution is 7.14. The van der Waals surface area contributed by atoms with Crippen LogP contribution in [0.1, 0.15) is 57.4 Å². The molecule has 1 N–H and O–H groups in total. The van der Waals surface area contributed by atoms with Gasteiger partial charge in [-0.2, -0.15) is 5.10 Å². The normalized spacial score (nSPS) is 17.4. The lowest BCUT2D eigenvalue weighted by Gasteiger charge is -2.07. The van der Waals surface area contributed by atoms with Gasteiger partial charge in [0.2, 0.25) is 0 Å². The second-order valence-electron chi connectivity index (χ2n) is 6.19. The van der Waals surface area contributed by atoms with E-state index in [0.717, 1.165) is 41.3 Å². The van der Waals surface area contributed by atoms with E-state index in [1.54, 1.807) is 0 Å². The molecule has 1 atom stereocenters. The van der Waals surface area contributed by atoms with Gasteiger partial charge in [0.05, 0.1) is 23.2 Å². The van der Waals surface area contributed by atoms with Gasteiger partial charge in [-0.05, 0) is 50.8 Å². The maximum Gasteiger partial charge on any atom is 0.261 e. The van der Waals surface area contributed by atoms with Gasteiger partial charge in [0.15, 0.2) is 0 Å². The SMILES string of the molecule is CCc1c(C)nn(CCNC(=O)c2ccc([C@H]3CCCO3)s2)c1C. The van der Waals surface area contributed by atoms with Gasteiger partial charge in [-0.3, -0.25) is 9.48 Å². The molecule has 0 saturated carbocycles. The second-order valence-corrected chi connectivity index (χ2v) is 7.30. The number of nitrogens with zero attached hydrogens (tertiary/aromatic N) is 2. The number of ether oxygens (including phenoxy) is 1. The molecule has 0 spiro atoms. The highest BCUT2D eigenvalue weighted by Crippen LogP contribution is 2.33. The quantitative estimate of drug-likeness (QED) is 0.871. The third-order valence-corrected chi connectivity index (χ3v) is 5.77. The summed E-state index contributed by atoms with van der Waals surface area (Å²) >= 11 is 1.54. The van der Waals surface area contributed by atoms with Crippen LogP contribution < -0.4 is 5.32 Å². The lowest BCUT2D eigenvalue weighted by molar-refractivity contribution is 0.0956. The van der Waals surface area contributed by atoms with Crippen LogP contribution in [0.2, 0.25) is 0 Å². The molecule has 1 saturated heterocycles. The molecule has 0 unspecified atom stereocenters. The molecule has 0 bridgehead atoms. The summed E-state index contributed by atoms with van der Waals surface area (Å²) in [6.45, 7) is 8.38. The highest BCUT2D eigenvalue weighted by Gasteiger charge is 2.20. The number of carbonyl (C=O) groups excluding carboxylic acids is 1. The predicted octanol–water partition coefficient (Wildman–Crippen LogP) is 3.41. The van der Waals surface area contributed by atoms with Crippen molar-refractivity contribution in [2.75, 3.05) is 13.2 Å². The van der Waals surface area contributed by atoms with Gasteiger partial charge < -0.3 is 10.1 Å². The van der Waals surface area contributed by atoms with E-state index in [4.69, 9.17) is 4.74 Å². The molecule has 130 valence electrons. The molecular formula is C18H25N3O2S. The van der Waals surface area contributed by atoms with E-state index < -0.39 is 0 Å². The van der Waals surface area contributed by atoms with Crippen LogP contribution in [0.15, 0.2) is 12.1 Å². The smallest absolute Gasteiger partial charge is 0.261 e. The van der Waals surface area contributed by atoms with Crippen molar-refractivity contribution < 1.29 is 9.53 Å². The van der Waals surface area contributed by atoms with E-state index in [0.29, 0.717) is 13.1 Å². The lowest BCUT2D eigenvalue weighted by atomic mass is 10.1. The molecule has 6 heteroatoms. The summed E-state index contributed by atoms with van der Waals surface area (Å²) in [7, 11) is 0. The average molecular weight is 347 g/mol. The average Bonchev–Trinajstić information content (AvgIpc) is 3.28. The number of nitrogens with one attached hydrogen (secondary N) is 1. The predicted molar refractivity (Wildman–Crippen MR) is 95.7 cm³/mol. The van der Waals surface area contributed by atoms with E-state index in [1.807, 2.05) is 23.7 Å². The van der Waals surface area contributed by atoms with Gasteiger partial charge in [0.1, 0.15) is 0 Å². The molecule has 2 aromatic heterocycles. The van der Waals surface area contributed by atoms with Crippen LogP contribution >= 0.6 is 11.3 Å². The van der Waals surface area contributed by atoms with Gasteiger partial charge in [-0.25, -0.2) is 0 Å². The minimum atomic E-state index is -0.0125. The van der Waals surface area contributed by atoms with Crippen molar-refractivity contribution in [3.05, 3.63) is 38.8 Å². The Hall–Kier alpha value is -1.66. The summed E-state index contributed by atoms with van der Waals surface area (Å²) < 4.78 is 7.66.